The topological polar surface area (TPSA) is 100 Å². The monoisotopic (exact) mass is 518 g/mol. The Morgan fingerprint density at radius 3 is 2.73 bits per heavy atom. The van der Waals surface area contributed by atoms with Crippen LogP contribution in [-0.2, 0) is 6.42 Å². The van der Waals surface area contributed by atoms with Gasteiger partial charge in [0.1, 0.15) is 0 Å². The number of benzene rings is 3. The molecule has 8 nitrogen and oxygen atoms in total. The van der Waals surface area contributed by atoms with Gasteiger partial charge in [0, 0.05) is 46.8 Å². The summed E-state index contributed by atoms with van der Waals surface area (Å²) < 4.78 is 11.8. The predicted molar refractivity (Wildman–Crippen MR) is 148 cm³/mol. The van der Waals surface area contributed by atoms with Gasteiger partial charge in [0.15, 0.2) is 11.5 Å². The second kappa shape index (κ2) is 11.0. The van der Waals surface area contributed by atoms with Crippen molar-refractivity contribution in [2.45, 2.75) is 25.8 Å². The van der Waals surface area contributed by atoms with Crippen LogP contribution >= 0.6 is 11.6 Å². The highest BCUT2D eigenvalue weighted by molar-refractivity contribution is 6.31. The molecule has 0 saturated heterocycles. The molecular weight excluding hydrogens is 488 g/mol. The van der Waals surface area contributed by atoms with Crippen molar-refractivity contribution >= 4 is 28.2 Å². The molecule has 0 spiro atoms. The SMILES string of the molecule is COc1cc(C2c3[nH]c4ccc(Cl)cc4c3CCN2c2ccc(C)cc2)ccc1OCCCN/N=N\N. The molecule has 9 heteroatoms. The summed E-state index contributed by atoms with van der Waals surface area (Å²) in [7, 11) is 1.67. The summed E-state index contributed by atoms with van der Waals surface area (Å²) in [5, 5.41) is 8.66. The van der Waals surface area contributed by atoms with E-state index in [0.717, 1.165) is 35.5 Å². The molecule has 4 N–H and O–H groups in total. The number of hydrogen-bond donors (Lipinski definition) is 3. The number of fused-ring (bicyclic) bond motifs is 3. The zero-order valence-corrected chi connectivity index (χ0v) is 21.8. The van der Waals surface area contributed by atoms with Crippen molar-refractivity contribution in [3.8, 4) is 11.5 Å². The Labute approximate surface area is 221 Å². The van der Waals surface area contributed by atoms with Crippen LogP contribution in [0.5, 0.6) is 11.5 Å². The van der Waals surface area contributed by atoms with E-state index in [9.17, 15) is 0 Å². The van der Waals surface area contributed by atoms with E-state index in [1.54, 1.807) is 7.11 Å². The Kier molecular flexibility index (Phi) is 7.37. The van der Waals surface area contributed by atoms with E-state index in [1.807, 2.05) is 12.1 Å². The van der Waals surface area contributed by atoms with Crippen LogP contribution in [0.15, 0.2) is 71.1 Å². The largest absolute Gasteiger partial charge is 0.493 e. The average Bonchev–Trinajstić information content (AvgIpc) is 3.28. The number of nitrogens with zero attached hydrogens (tertiary/aromatic N) is 3. The van der Waals surface area contributed by atoms with E-state index in [1.165, 1.54) is 27.9 Å². The van der Waals surface area contributed by atoms with Gasteiger partial charge < -0.3 is 25.2 Å². The number of nitrogens with one attached hydrogen (secondary N) is 2. The van der Waals surface area contributed by atoms with Crippen LogP contribution in [0.2, 0.25) is 5.02 Å². The molecule has 4 aromatic rings. The molecule has 1 aliphatic heterocycles. The summed E-state index contributed by atoms with van der Waals surface area (Å²) in [5.41, 5.74) is 9.88. The van der Waals surface area contributed by atoms with E-state index < -0.39 is 0 Å². The zero-order valence-electron chi connectivity index (χ0n) is 21.0. The summed E-state index contributed by atoms with van der Waals surface area (Å²) in [5.74, 6) is 6.39. The molecule has 0 amide bonds. The van der Waals surface area contributed by atoms with Crippen LogP contribution in [0, 0.1) is 6.92 Å². The van der Waals surface area contributed by atoms with Gasteiger partial charge in [-0.25, -0.2) is 0 Å². The Balaban J connectivity index is 1.51. The molecule has 2 heterocycles. The van der Waals surface area contributed by atoms with Crippen molar-refractivity contribution in [1.29, 1.82) is 0 Å². The first kappa shape index (κ1) is 24.8. The molecule has 1 atom stereocenters. The van der Waals surface area contributed by atoms with Gasteiger partial charge in [0.2, 0.25) is 0 Å². The third-order valence-electron chi connectivity index (χ3n) is 6.78. The Morgan fingerprint density at radius 1 is 1.11 bits per heavy atom. The number of aromatic amines is 1. The standard InChI is InChI=1S/C28H31ClN6O2/c1-18-4-8-21(9-5-18)35-14-12-22-23-17-20(29)7-10-24(23)32-27(22)28(35)19-6-11-25(26(16-19)36-2)37-15-3-13-31-34-33-30/h4-11,16-17,28,32H,3,12-15H2,1-2H3,(H2,30,34)(H,31,33). The minimum atomic E-state index is -0.0218. The van der Waals surface area contributed by atoms with Crippen LogP contribution in [0.3, 0.4) is 0 Å². The first-order valence-electron chi connectivity index (χ1n) is 12.4. The lowest BCUT2D eigenvalue weighted by Crippen LogP contribution is -2.36. The zero-order chi connectivity index (χ0) is 25.8. The van der Waals surface area contributed by atoms with Crippen molar-refractivity contribution in [3.63, 3.8) is 0 Å². The molecule has 37 heavy (non-hydrogen) atoms. The summed E-state index contributed by atoms with van der Waals surface area (Å²) in [4.78, 5) is 6.16. The van der Waals surface area contributed by atoms with Gasteiger partial charge in [-0.15, -0.1) is 0 Å². The van der Waals surface area contributed by atoms with E-state index in [-0.39, 0.29) is 6.04 Å². The lowest BCUT2D eigenvalue weighted by molar-refractivity contribution is 0.287. The van der Waals surface area contributed by atoms with Gasteiger partial charge in [0.05, 0.1) is 19.8 Å². The third-order valence-corrected chi connectivity index (χ3v) is 7.01. The molecule has 3 aromatic carbocycles. The van der Waals surface area contributed by atoms with Crippen LogP contribution < -0.4 is 25.6 Å². The number of H-pyrrole nitrogens is 1. The lowest BCUT2D eigenvalue weighted by Gasteiger charge is -2.38. The third kappa shape index (κ3) is 5.15. The van der Waals surface area contributed by atoms with Gasteiger partial charge in [-0.2, -0.15) is 0 Å². The highest BCUT2D eigenvalue weighted by Gasteiger charge is 2.32. The van der Waals surface area contributed by atoms with Crippen LogP contribution in [0.1, 0.15) is 34.8 Å². The van der Waals surface area contributed by atoms with E-state index >= 15 is 0 Å². The molecule has 1 unspecified atom stereocenters. The van der Waals surface area contributed by atoms with Crippen LogP contribution in [0.4, 0.5) is 5.69 Å². The lowest BCUT2D eigenvalue weighted by atomic mass is 9.91. The molecule has 1 aromatic heterocycles. The molecule has 0 fully saturated rings. The van der Waals surface area contributed by atoms with Gasteiger partial charge in [-0.05, 0) is 66.9 Å². The number of rotatable bonds is 9. The highest BCUT2D eigenvalue weighted by Crippen LogP contribution is 2.43. The van der Waals surface area contributed by atoms with Crippen molar-refractivity contribution in [2.24, 2.45) is 16.3 Å². The van der Waals surface area contributed by atoms with Crippen molar-refractivity contribution < 1.29 is 9.47 Å². The van der Waals surface area contributed by atoms with Gasteiger partial charge >= 0.3 is 0 Å². The second-order valence-corrected chi connectivity index (χ2v) is 9.56. The Morgan fingerprint density at radius 2 is 1.95 bits per heavy atom. The maximum atomic E-state index is 6.37. The van der Waals surface area contributed by atoms with Crippen molar-refractivity contribution in [3.05, 3.63) is 88.1 Å². The highest BCUT2D eigenvalue weighted by atomic mass is 35.5. The maximum Gasteiger partial charge on any atom is 0.161 e. The minimum Gasteiger partial charge on any atom is -0.493 e. The Bertz CT molecular complexity index is 1400. The predicted octanol–water partition coefficient (Wildman–Crippen LogP) is 5.89. The van der Waals surface area contributed by atoms with E-state index in [4.69, 9.17) is 26.9 Å². The molecule has 0 saturated carbocycles. The maximum absolute atomic E-state index is 6.37. The smallest absolute Gasteiger partial charge is 0.161 e. The average molecular weight is 519 g/mol. The molecule has 0 aliphatic carbocycles. The van der Waals surface area contributed by atoms with Crippen molar-refractivity contribution in [2.75, 3.05) is 31.7 Å². The minimum absolute atomic E-state index is 0.0218. The molecule has 0 bridgehead atoms. The summed E-state index contributed by atoms with van der Waals surface area (Å²) in [6.07, 6.45) is 1.67. The van der Waals surface area contributed by atoms with E-state index in [2.05, 4.69) is 81.2 Å². The van der Waals surface area contributed by atoms with Gasteiger partial charge in [0.25, 0.3) is 0 Å². The molecule has 192 valence electrons. The first-order chi connectivity index (χ1) is 18.1. The number of ether oxygens (including phenoxy) is 2. The van der Waals surface area contributed by atoms with Crippen molar-refractivity contribution in [1.82, 2.24) is 10.4 Å². The number of halogens is 1. The fourth-order valence-electron chi connectivity index (χ4n) is 5.02. The number of methoxy groups -OCH3 is 1. The number of aromatic nitrogens is 1. The number of aryl methyl sites for hydroxylation is 1. The number of hydrogen-bond acceptors (Lipinski definition) is 5. The van der Waals surface area contributed by atoms with Crippen LogP contribution in [-0.4, -0.2) is 31.8 Å². The fourth-order valence-corrected chi connectivity index (χ4v) is 5.19. The molecule has 0 radical (unpaired) electrons. The summed E-state index contributed by atoms with van der Waals surface area (Å²) in [6, 6.07) is 20.9. The summed E-state index contributed by atoms with van der Waals surface area (Å²) in [6.45, 7) is 4.11. The number of nitrogens with two attached hydrogens (primary N) is 1. The fraction of sp³-hybridized carbons (Fsp3) is 0.286. The van der Waals surface area contributed by atoms with Gasteiger partial charge in [-0.1, -0.05) is 45.8 Å². The quantitative estimate of drug-likeness (QED) is 0.111. The first-order valence-corrected chi connectivity index (χ1v) is 12.7. The summed E-state index contributed by atoms with van der Waals surface area (Å²) >= 11 is 6.37. The van der Waals surface area contributed by atoms with Gasteiger partial charge in [-0.3, -0.25) is 5.43 Å². The second-order valence-electron chi connectivity index (χ2n) is 9.12. The normalized spacial score (nSPS) is 15.2. The molecule has 5 rings (SSSR count). The molecular formula is C28H31ClN6O2. The molecule has 1 aliphatic rings. The van der Waals surface area contributed by atoms with E-state index in [0.29, 0.717) is 24.7 Å². The number of anilines is 1. The van der Waals surface area contributed by atoms with Crippen LogP contribution in [0.25, 0.3) is 10.9 Å². The Hall–Kier alpha value is -3.91.